The zero-order valence-corrected chi connectivity index (χ0v) is 14.5. The van der Waals surface area contributed by atoms with Crippen LogP contribution in [-0.2, 0) is 4.74 Å². The van der Waals surface area contributed by atoms with E-state index in [4.69, 9.17) is 21.4 Å². The first kappa shape index (κ1) is 20.2. The Morgan fingerprint density at radius 2 is 1.92 bits per heavy atom. The van der Waals surface area contributed by atoms with Crippen LogP contribution in [0.4, 0.5) is 4.79 Å². The van der Waals surface area contributed by atoms with Gasteiger partial charge in [0.05, 0.1) is 11.7 Å². The number of hydrogen-bond acceptors (Lipinski definition) is 5. The van der Waals surface area contributed by atoms with Crippen LogP contribution >= 0.6 is 11.6 Å². The molecule has 1 rings (SSSR count). The van der Waals surface area contributed by atoms with Crippen LogP contribution in [0.15, 0.2) is 18.2 Å². The predicted molar refractivity (Wildman–Crippen MR) is 88.2 cm³/mol. The maximum atomic E-state index is 11.5. The maximum absolute atomic E-state index is 11.5. The van der Waals surface area contributed by atoms with E-state index in [2.05, 4.69) is 5.32 Å². The summed E-state index contributed by atoms with van der Waals surface area (Å²) in [7, 11) is 0. The molecule has 134 valence electrons. The number of carboxylic acid groups (broad SMARTS) is 1. The number of aliphatic hydroxyl groups is 2. The Bertz CT molecular complexity index is 599. The quantitative estimate of drug-likeness (QED) is 0.619. The summed E-state index contributed by atoms with van der Waals surface area (Å²) in [6.07, 6.45) is -3.46. The molecule has 0 aliphatic carbocycles. The average Bonchev–Trinajstić information content (AvgIpc) is 2.44. The number of carbonyl (C=O) groups excluding carboxylic acids is 1. The zero-order chi connectivity index (χ0) is 18.5. The minimum absolute atomic E-state index is 0.00923. The third-order valence-corrected chi connectivity index (χ3v) is 3.38. The van der Waals surface area contributed by atoms with E-state index in [0.717, 1.165) is 0 Å². The molecule has 0 saturated heterocycles. The van der Waals surface area contributed by atoms with Gasteiger partial charge in [-0.3, -0.25) is 0 Å². The molecule has 0 saturated carbocycles. The van der Waals surface area contributed by atoms with E-state index in [9.17, 15) is 19.8 Å². The van der Waals surface area contributed by atoms with Crippen LogP contribution in [0, 0.1) is 0 Å². The Hall–Kier alpha value is -1.83. The second-order valence-corrected chi connectivity index (χ2v) is 6.64. The summed E-state index contributed by atoms with van der Waals surface area (Å²) in [5.74, 6) is -1.26. The van der Waals surface area contributed by atoms with E-state index >= 15 is 0 Å². The van der Waals surface area contributed by atoms with Gasteiger partial charge in [-0.15, -0.1) is 0 Å². The van der Waals surface area contributed by atoms with Crippen LogP contribution < -0.4 is 5.32 Å². The first-order valence-corrected chi connectivity index (χ1v) is 7.75. The summed E-state index contributed by atoms with van der Waals surface area (Å²) in [4.78, 5) is 22.7. The van der Waals surface area contributed by atoms with E-state index in [1.165, 1.54) is 18.2 Å². The SMILES string of the molecule is CC(C)(C)OC(=O)NCCC(O)C(O)c1c(Cl)cccc1C(=O)O. The highest BCUT2D eigenvalue weighted by Crippen LogP contribution is 2.29. The molecule has 1 aromatic carbocycles. The standard InChI is InChI=1S/C16H22ClNO6/c1-16(2,3)24-15(23)18-8-7-11(19)13(20)12-9(14(21)22)5-4-6-10(12)17/h4-6,11,13,19-20H,7-8H2,1-3H3,(H,18,23)(H,21,22). The second-order valence-electron chi connectivity index (χ2n) is 6.24. The van der Waals surface area contributed by atoms with Crippen LogP contribution in [0.5, 0.6) is 0 Å². The Morgan fingerprint density at radius 1 is 1.29 bits per heavy atom. The number of ether oxygens (including phenoxy) is 1. The fraction of sp³-hybridized carbons (Fsp3) is 0.500. The topological polar surface area (TPSA) is 116 Å². The molecule has 0 aromatic heterocycles. The largest absolute Gasteiger partial charge is 0.478 e. The lowest BCUT2D eigenvalue weighted by Crippen LogP contribution is -2.34. The van der Waals surface area contributed by atoms with Gasteiger partial charge < -0.3 is 25.4 Å². The number of hydrogen-bond donors (Lipinski definition) is 4. The summed E-state index contributed by atoms with van der Waals surface area (Å²) in [5.41, 5.74) is -0.888. The highest BCUT2D eigenvalue weighted by atomic mass is 35.5. The summed E-state index contributed by atoms with van der Waals surface area (Å²) in [5, 5.41) is 31.9. The number of aliphatic hydroxyl groups excluding tert-OH is 2. The maximum Gasteiger partial charge on any atom is 0.407 e. The molecule has 0 aliphatic rings. The molecule has 1 aromatic rings. The second kappa shape index (κ2) is 8.32. The van der Waals surface area contributed by atoms with Crippen LogP contribution in [0.1, 0.15) is 49.2 Å². The van der Waals surface area contributed by atoms with Crippen molar-refractivity contribution in [2.75, 3.05) is 6.54 Å². The Balaban J connectivity index is 2.68. The smallest absolute Gasteiger partial charge is 0.407 e. The zero-order valence-electron chi connectivity index (χ0n) is 13.7. The first-order valence-electron chi connectivity index (χ1n) is 7.37. The van der Waals surface area contributed by atoms with Gasteiger partial charge in [0.2, 0.25) is 0 Å². The number of rotatable bonds is 6. The van der Waals surface area contributed by atoms with Crippen molar-refractivity contribution in [3.05, 3.63) is 34.3 Å². The van der Waals surface area contributed by atoms with Crippen LogP contribution in [-0.4, -0.2) is 45.6 Å². The summed E-state index contributed by atoms with van der Waals surface area (Å²) in [6, 6.07) is 4.16. The van der Waals surface area contributed by atoms with E-state index in [1.807, 2.05) is 0 Å². The lowest BCUT2D eigenvalue weighted by molar-refractivity contribution is 0.0116. The molecule has 0 radical (unpaired) electrons. The number of amides is 1. The fourth-order valence-electron chi connectivity index (χ4n) is 2.01. The molecule has 2 unspecified atom stereocenters. The van der Waals surface area contributed by atoms with Gasteiger partial charge in [0.25, 0.3) is 0 Å². The van der Waals surface area contributed by atoms with Crippen molar-refractivity contribution in [1.29, 1.82) is 0 Å². The molecule has 0 spiro atoms. The van der Waals surface area contributed by atoms with Crippen LogP contribution in [0.2, 0.25) is 5.02 Å². The molecule has 7 nitrogen and oxygen atoms in total. The minimum Gasteiger partial charge on any atom is -0.478 e. The number of benzene rings is 1. The molecular weight excluding hydrogens is 338 g/mol. The van der Waals surface area contributed by atoms with Crippen LogP contribution in [0.25, 0.3) is 0 Å². The van der Waals surface area contributed by atoms with Gasteiger partial charge in [-0.2, -0.15) is 0 Å². The van der Waals surface area contributed by atoms with Gasteiger partial charge in [0, 0.05) is 17.1 Å². The van der Waals surface area contributed by atoms with Crippen molar-refractivity contribution in [1.82, 2.24) is 5.32 Å². The van der Waals surface area contributed by atoms with E-state index < -0.39 is 29.9 Å². The molecule has 4 N–H and O–H groups in total. The third-order valence-electron chi connectivity index (χ3n) is 3.05. The monoisotopic (exact) mass is 359 g/mol. The average molecular weight is 360 g/mol. The van der Waals surface area contributed by atoms with Gasteiger partial charge in [0.15, 0.2) is 0 Å². The third kappa shape index (κ3) is 5.99. The van der Waals surface area contributed by atoms with Crippen molar-refractivity contribution >= 4 is 23.7 Å². The number of alkyl carbamates (subject to hydrolysis) is 1. The normalized spacial score (nSPS) is 13.9. The molecular formula is C16H22ClNO6. The number of aromatic carboxylic acids is 1. The van der Waals surface area contributed by atoms with E-state index in [0.29, 0.717) is 0 Å². The van der Waals surface area contributed by atoms with Crippen molar-refractivity contribution in [3.63, 3.8) is 0 Å². The Kier molecular flexibility index (Phi) is 7.01. The number of nitrogens with one attached hydrogen (secondary N) is 1. The van der Waals surface area contributed by atoms with Crippen molar-refractivity contribution in [2.24, 2.45) is 0 Å². The van der Waals surface area contributed by atoms with Crippen LogP contribution in [0.3, 0.4) is 0 Å². The van der Waals surface area contributed by atoms with Gasteiger partial charge >= 0.3 is 12.1 Å². The van der Waals surface area contributed by atoms with Crippen molar-refractivity contribution < 1.29 is 29.6 Å². The summed E-state index contributed by atoms with van der Waals surface area (Å²) < 4.78 is 5.04. The highest BCUT2D eigenvalue weighted by molar-refractivity contribution is 6.31. The van der Waals surface area contributed by atoms with Gasteiger partial charge in [-0.25, -0.2) is 9.59 Å². The lowest BCUT2D eigenvalue weighted by Gasteiger charge is -2.22. The Labute approximate surface area is 145 Å². The minimum atomic E-state index is -1.50. The molecule has 0 aliphatic heterocycles. The molecule has 0 bridgehead atoms. The Morgan fingerprint density at radius 3 is 2.46 bits per heavy atom. The summed E-state index contributed by atoms with van der Waals surface area (Å²) in [6.45, 7) is 5.20. The number of carbonyl (C=O) groups is 2. The highest BCUT2D eigenvalue weighted by Gasteiger charge is 2.26. The first-order chi connectivity index (χ1) is 11.0. The molecule has 0 fully saturated rings. The van der Waals surface area contributed by atoms with Crippen molar-refractivity contribution in [3.8, 4) is 0 Å². The molecule has 0 heterocycles. The molecule has 8 heteroatoms. The number of halogens is 1. The van der Waals surface area contributed by atoms with Gasteiger partial charge in [-0.1, -0.05) is 17.7 Å². The van der Waals surface area contributed by atoms with Gasteiger partial charge in [-0.05, 0) is 39.3 Å². The predicted octanol–water partition coefficient (Wildman–Crippen LogP) is 2.35. The molecule has 1 amide bonds. The molecule has 2 atom stereocenters. The lowest BCUT2D eigenvalue weighted by atomic mass is 9.97. The number of carboxylic acids is 1. The van der Waals surface area contributed by atoms with Crippen molar-refractivity contribution in [2.45, 2.75) is 45.0 Å². The fourth-order valence-corrected chi connectivity index (χ4v) is 2.30. The van der Waals surface area contributed by atoms with Gasteiger partial charge in [0.1, 0.15) is 11.7 Å². The summed E-state index contributed by atoms with van der Waals surface area (Å²) >= 11 is 5.95. The van der Waals surface area contributed by atoms with E-state index in [-0.39, 0.29) is 29.1 Å². The van der Waals surface area contributed by atoms with E-state index in [1.54, 1.807) is 20.8 Å². The molecule has 24 heavy (non-hydrogen) atoms.